The molecule has 20 heavy (non-hydrogen) atoms. The molecule has 4 nitrogen and oxygen atoms in total. The molecule has 0 aliphatic rings. The second kappa shape index (κ2) is 6.01. The highest BCUT2D eigenvalue weighted by Gasteiger charge is 2.28. The van der Waals surface area contributed by atoms with Gasteiger partial charge in [0.2, 0.25) is 0 Å². The molecule has 0 saturated heterocycles. The molecule has 0 amide bonds. The van der Waals surface area contributed by atoms with E-state index in [1.165, 1.54) is 0 Å². The van der Waals surface area contributed by atoms with Gasteiger partial charge in [0.1, 0.15) is 0 Å². The number of rotatable bonds is 5. The van der Waals surface area contributed by atoms with Crippen molar-refractivity contribution in [1.29, 1.82) is 0 Å². The fraction of sp³-hybridized carbons (Fsp3) is 0.364. The molecule has 0 heterocycles. The van der Waals surface area contributed by atoms with Gasteiger partial charge in [-0.1, -0.05) is 11.6 Å². The zero-order valence-electron chi connectivity index (χ0n) is 9.95. The van der Waals surface area contributed by atoms with E-state index < -0.39 is 45.5 Å². The number of carboxylic acids is 1. The van der Waals surface area contributed by atoms with Crippen LogP contribution in [-0.2, 0) is 9.84 Å². The first kappa shape index (κ1) is 16.8. The fourth-order valence-electron chi connectivity index (χ4n) is 1.45. The summed E-state index contributed by atoms with van der Waals surface area (Å²) in [6, 6.07) is 3.04. The Morgan fingerprint density at radius 3 is 2.40 bits per heavy atom. The predicted octanol–water partition coefficient (Wildman–Crippen LogP) is 3.15. The molecule has 0 radical (unpaired) electrons. The predicted molar refractivity (Wildman–Crippen MR) is 65.8 cm³/mol. The molecule has 0 aromatic heterocycles. The minimum absolute atomic E-state index is 0.220. The normalized spacial score (nSPS) is 12.4. The van der Waals surface area contributed by atoms with Gasteiger partial charge in [-0.15, -0.1) is 0 Å². The summed E-state index contributed by atoms with van der Waals surface area (Å²) in [5.74, 6) is -2.11. The Bertz CT molecular complexity index is 611. The third kappa shape index (κ3) is 4.68. The summed E-state index contributed by atoms with van der Waals surface area (Å²) in [6.07, 6.45) is -6.29. The molecule has 0 bridgehead atoms. The number of hydrogen-bond donors (Lipinski definition) is 1. The van der Waals surface area contributed by atoms with E-state index >= 15 is 0 Å². The third-order valence-corrected chi connectivity index (χ3v) is 4.66. The molecule has 0 atom stereocenters. The maximum absolute atomic E-state index is 12.0. The van der Waals surface area contributed by atoms with Crippen LogP contribution in [0.4, 0.5) is 13.2 Å². The lowest BCUT2D eigenvalue weighted by atomic mass is 10.2. The molecule has 0 aliphatic carbocycles. The summed E-state index contributed by atoms with van der Waals surface area (Å²) < 4.78 is 59.7. The standard InChI is InChI=1S/C11H10ClF3O4S/c12-8-3-2-7(10(16)17)6-9(8)20(18,19)5-1-4-11(13,14)15/h2-3,6H,1,4-5H2,(H,16,17). The van der Waals surface area contributed by atoms with Crippen LogP contribution in [0.3, 0.4) is 0 Å². The largest absolute Gasteiger partial charge is 0.478 e. The summed E-state index contributed by atoms with van der Waals surface area (Å²) >= 11 is 5.66. The number of sulfone groups is 1. The molecule has 0 saturated carbocycles. The number of carbonyl (C=O) groups is 1. The van der Waals surface area contributed by atoms with E-state index in [0.717, 1.165) is 18.2 Å². The van der Waals surface area contributed by atoms with Gasteiger partial charge in [0.15, 0.2) is 9.84 Å². The van der Waals surface area contributed by atoms with E-state index in [0.29, 0.717) is 0 Å². The van der Waals surface area contributed by atoms with E-state index in [4.69, 9.17) is 16.7 Å². The maximum atomic E-state index is 12.0. The highest BCUT2D eigenvalue weighted by molar-refractivity contribution is 7.91. The molecule has 1 aromatic rings. The third-order valence-electron chi connectivity index (χ3n) is 2.39. The van der Waals surface area contributed by atoms with E-state index in [2.05, 4.69) is 0 Å². The van der Waals surface area contributed by atoms with Crippen molar-refractivity contribution in [2.75, 3.05) is 5.75 Å². The molecule has 1 rings (SSSR count). The number of carboxylic acid groups (broad SMARTS) is 1. The summed E-state index contributed by atoms with van der Waals surface area (Å²) in [4.78, 5) is 10.3. The lowest BCUT2D eigenvalue weighted by Crippen LogP contribution is -2.13. The Morgan fingerprint density at radius 1 is 1.30 bits per heavy atom. The van der Waals surface area contributed by atoms with Gasteiger partial charge in [0, 0.05) is 6.42 Å². The van der Waals surface area contributed by atoms with Gasteiger partial charge in [-0.25, -0.2) is 13.2 Å². The van der Waals surface area contributed by atoms with Crippen LogP contribution in [0.1, 0.15) is 23.2 Å². The smallest absolute Gasteiger partial charge is 0.389 e. The Hall–Kier alpha value is -1.28. The van der Waals surface area contributed by atoms with Crippen molar-refractivity contribution in [2.24, 2.45) is 0 Å². The van der Waals surface area contributed by atoms with Crippen molar-refractivity contribution in [3.05, 3.63) is 28.8 Å². The van der Waals surface area contributed by atoms with E-state index in [1.807, 2.05) is 0 Å². The van der Waals surface area contributed by atoms with Crippen LogP contribution in [-0.4, -0.2) is 31.4 Å². The lowest BCUT2D eigenvalue weighted by Gasteiger charge is -2.09. The molecular formula is C11H10ClF3O4S. The molecule has 1 aromatic carbocycles. The van der Waals surface area contributed by atoms with Gasteiger partial charge in [0.25, 0.3) is 0 Å². The molecule has 1 N–H and O–H groups in total. The molecule has 9 heteroatoms. The van der Waals surface area contributed by atoms with Crippen LogP contribution in [0.15, 0.2) is 23.1 Å². The van der Waals surface area contributed by atoms with Gasteiger partial charge >= 0.3 is 12.1 Å². The van der Waals surface area contributed by atoms with Crippen LogP contribution in [0, 0.1) is 0 Å². The highest BCUT2D eigenvalue weighted by atomic mass is 35.5. The van der Waals surface area contributed by atoms with Crippen molar-refractivity contribution < 1.29 is 31.5 Å². The van der Waals surface area contributed by atoms with E-state index in [-0.39, 0.29) is 10.6 Å². The first-order valence-corrected chi connectivity index (χ1v) is 7.38. The summed E-state index contributed by atoms with van der Waals surface area (Å²) in [5, 5.41) is 8.54. The number of aromatic carboxylic acids is 1. The highest BCUT2D eigenvalue weighted by Crippen LogP contribution is 2.27. The Kier molecular flexibility index (Phi) is 5.04. The Morgan fingerprint density at radius 2 is 1.90 bits per heavy atom. The van der Waals surface area contributed by atoms with Gasteiger partial charge in [-0.2, -0.15) is 13.2 Å². The van der Waals surface area contributed by atoms with Crippen LogP contribution in [0.2, 0.25) is 5.02 Å². The van der Waals surface area contributed by atoms with Crippen molar-refractivity contribution in [1.82, 2.24) is 0 Å². The average Bonchev–Trinajstić information content (AvgIpc) is 2.26. The second-order valence-corrected chi connectivity index (χ2v) is 6.47. The zero-order chi connectivity index (χ0) is 15.6. The minimum atomic E-state index is -4.44. The van der Waals surface area contributed by atoms with Gasteiger partial charge in [-0.3, -0.25) is 0 Å². The van der Waals surface area contributed by atoms with E-state index in [9.17, 15) is 26.4 Å². The lowest BCUT2D eigenvalue weighted by molar-refractivity contribution is -0.134. The van der Waals surface area contributed by atoms with Crippen molar-refractivity contribution in [3.8, 4) is 0 Å². The zero-order valence-corrected chi connectivity index (χ0v) is 11.5. The van der Waals surface area contributed by atoms with Gasteiger partial charge in [-0.05, 0) is 24.6 Å². The molecule has 0 aliphatic heterocycles. The van der Waals surface area contributed by atoms with Crippen LogP contribution in [0.25, 0.3) is 0 Å². The second-order valence-electron chi connectivity index (χ2n) is 3.99. The molecule has 0 fully saturated rings. The van der Waals surface area contributed by atoms with Crippen molar-refractivity contribution in [3.63, 3.8) is 0 Å². The van der Waals surface area contributed by atoms with Crippen molar-refractivity contribution >= 4 is 27.4 Å². The summed E-state index contributed by atoms with van der Waals surface area (Å²) in [6.45, 7) is 0. The van der Waals surface area contributed by atoms with Gasteiger partial charge in [0.05, 0.1) is 21.2 Å². The van der Waals surface area contributed by atoms with Crippen LogP contribution in [0.5, 0.6) is 0 Å². The Balaban J connectivity index is 2.97. The molecule has 112 valence electrons. The molecular weight excluding hydrogens is 321 g/mol. The Labute approximate surface area is 118 Å². The van der Waals surface area contributed by atoms with Crippen LogP contribution >= 0.6 is 11.6 Å². The first-order valence-electron chi connectivity index (χ1n) is 5.35. The van der Waals surface area contributed by atoms with Crippen LogP contribution < -0.4 is 0 Å². The number of alkyl halides is 3. The maximum Gasteiger partial charge on any atom is 0.389 e. The topological polar surface area (TPSA) is 71.4 Å². The number of benzene rings is 1. The summed E-state index contributed by atoms with van der Waals surface area (Å²) in [5.41, 5.74) is -0.302. The van der Waals surface area contributed by atoms with Crippen molar-refractivity contribution in [2.45, 2.75) is 23.9 Å². The monoisotopic (exact) mass is 330 g/mol. The molecule has 0 unspecified atom stereocenters. The first-order chi connectivity index (χ1) is 9.03. The number of halogens is 4. The SMILES string of the molecule is O=C(O)c1ccc(Cl)c(S(=O)(=O)CCCC(F)(F)F)c1. The summed E-state index contributed by atoms with van der Waals surface area (Å²) in [7, 11) is -4.06. The fourth-order valence-corrected chi connectivity index (χ4v) is 3.33. The average molecular weight is 331 g/mol. The molecule has 0 spiro atoms. The number of hydrogen-bond acceptors (Lipinski definition) is 3. The van der Waals surface area contributed by atoms with E-state index in [1.54, 1.807) is 0 Å². The minimum Gasteiger partial charge on any atom is -0.478 e. The van der Waals surface area contributed by atoms with Gasteiger partial charge < -0.3 is 5.11 Å². The quantitative estimate of drug-likeness (QED) is 0.900.